The maximum Gasteiger partial charge on any atom is 0.225 e. The number of hydrogen-bond acceptors (Lipinski definition) is 4. The molecule has 0 spiro atoms. The summed E-state index contributed by atoms with van der Waals surface area (Å²) < 4.78 is 5.09. The molecule has 1 aromatic heterocycles. The molecule has 4 nitrogen and oxygen atoms in total. The van der Waals surface area contributed by atoms with E-state index >= 15 is 0 Å². The molecule has 94 valence electrons. The van der Waals surface area contributed by atoms with Crippen LogP contribution in [0.25, 0.3) is 0 Å². The highest BCUT2D eigenvalue weighted by molar-refractivity contribution is 5.27. The van der Waals surface area contributed by atoms with Crippen molar-refractivity contribution in [2.24, 2.45) is 5.41 Å². The van der Waals surface area contributed by atoms with E-state index in [4.69, 9.17) is 4.74 Å². The van der Waals surface area contributed by atoms with Gasteiger partial charge in [0.15, 0.2) is 0 Å². The van der Waals surface area contributed by atoms with Crippen LogP contribution in [0.5, 0.6) is 5.88 Å². The number of rotatable bonds is 5. The van der Waals surface area contributed by atoms with Crippen molar-refractivity contribution in [1.29, 1.82) is 0 Å². The van der Waals surface area contributed by atoms with Gasteiger partial charge in [0.05, 0.1) is 7.11 Å². The van der Waals surface area contributed by atoms with E-state index in [1.165, 1.54) is 32.1 Å². The Morgan fingerprint density at radius 1 is 1.41 bits per heavy atom. The van der Waals surface area contributed by atoms with Gasteiger partial charge < -0.3 is 10.1 Å². The van der Waals surface area contributed by atoms with Gasteiger partial charge in [-0.2, -0.15) is 4.98 Å². The summed E-state index contributed by atoms with van der Waals surface area (Å²) in [6.45, 7) is 3.25. The fraction of sp³-hybridized carbons (Fsp3) is 0.692. The predicted molar refractivity (Wildman–Crippen MR) is 68.3 cm³/mol. The molecule has 1 saturated carbocycles. The Morgan fingerprint density at radius 3 is 2.82 bits per heavy atom. The number of nitrogens with zero attached hydrogens (tertiary/aromatic N) is 2. The molecule has 0 aliphatic heterocycles. The lowest BCUT2D eigenvalue weighted by atomic mass is 9.83. The summed E-state index contributed by atoms with van der Waals surface area (Å²) in [5.74, 6) is 1.28. The van der Waals surface area contributed by atoms with Gasteiger partial charge in [-0.15, -0.1) is 0 Å². The molecule has 17 heavy (non-hydrogen) atoms. The molecule has 0 unspecified atom stereocenters. The predicted octanol–water partition coefficient (Wildman–Crippen LogP) is 2.87. The molecule has 1 aliphatic rings. The number of aromatic nitrogens is 2. The van der Waals surface area contributed by atoms with Crippen molar-refractivity contribution >= 4 is 5.95 Å². The van der Waals surface area contributed by atoms with Crippen LogP contribution in [-0.4, -0.2) is 23.6 Å². The molecular formula is C13H21N3O. The summed E-state index contributed by atoms with van der Waals surface area (Å²) in [5.41, 5.74) is 0.451. The molecule has 4 heteroatoms. The van der Waals surface area contributed by atoms with Crippen molar-refractivity contribution < 1.29 is 4.74 Å². The lowest BCUT2D eigenvalue weighted by Gasteiger charge is -2.27. The second kappa shape index (κ2) is 5.34. The molecule has 0 saturated heterocycles. The Morgan fingerprint density at radius 2 is 2.18 bits per heavy atom. The monoisotopic (exact) mass is 235 g/mol. The first-order valence-electron chi connectivity index (χ1n) is 6.39. The molecule has 0 radical (unpaired) electrons. The summed E-state index contributed by atoms with van der Waals surface area (Å²) in [4.78, 5) is 8.48. The van der Waals surface area contributed by atoms with E-state index in [-0.39, 0.29) is 0 Å². The normalized spacial score (nSPS) is 18.0. The average Bonchev–Trinajstić information content (AvgIpc) is 2.86. The molecule has 0 atom stereocenters. The largest absolute Gasteiger partial charge is 0.481 e. The molecular weight excluding hydrogens is 214 g/mol. The fourth-order valence-corrected chi connectivity index (χ4v) is 2.59. The first kappa shape index (κ1) is 12.1. The minimum Gasteiger partial charge on any atom is -0.481 e. The van der Waals surface area contributed by atoms with Crippen LogP contribution in [0.15, 0.2) is 12.3 Å². The van der Waals surface area contributed by atoms with Gasteiger partial charge in [0.1, 0.15) is 0 Å². The molecule has 2 rings (SSSR count). The quantitative estimate of drug-likeness (QED) is 0.852. The van der Waals surface area contributed by atoms with Gasteiger partial charge >= 0.3 is 0 Å². The summed E-state index contributed by atoms with van der Waals surface area (Å²) in [6, 6.07) is 1.76. The lowest BCUT2D eigenvalue weighted by Crippen LogP contribution is -2.26. The SMILES string of the molecule is CCC1(CNc2nccc(OC)n2)CCCC1. The van der Waals surface area contributed by atoms with Crippen LogP contribution in [0.4, 0.5) is 5.95 Å². The Balaban J connectivity index is 1.96. The summed E-state index contributed by atoms with van der Waals surface area (Å²) >= 11 is 0. The fourth-order valence-electron chi connectivity index (χ4n) is 2.59. The van der Waals surface area contributed by atoms with E-state index in [9.17, 15) is 0 Å². The molecule has 1 N–H and O–H groups in total. The van der Waals surface area contributed by atoms with Crippen LogP contribution in [0.1, 0.15) is 39.0 Å². The highest BCUT2D eigenvalue weighted by atomic mass is 16.5. The highest BCUT2D eigenvalue weighted by Gasteiger charge is 2.31. The Kier molecular flexibility index (Phi) is 3.82. The number of hydrogen-bond donors (Lipinski definition) is 1. The van der Waals surface area contributed by atoms with E-state index in [0.29, 0.717) is 17.2 Å². The maximum atomic E-state index is 5.09. The second-order valence-electron chi connectivity index (χ2n) is 4.84. The number of ether oxygens (including phenoxy) is 1. The van der Waals surface area contributed by atoms with Gasteiger partial charge in [-0.3, -0.25) is 0 Å². The summed E-state index contributed by atoms with van der Waals surface area (Å²) in [7, 11) is 1.62. The number of nitrogens with one attached hydrogen (secondary N) is 1. The van der Waals surface area contributed by atoms with Crippen molar-refractivity contribution in [3.8, 4) is 5.88 Å². The van der Waals surface area contributed by atoms with Crippen LogP contribution >= 0.6 is 0 Å². The second-order valence-corrected chi connectivity index (χ2v) is 4.84. The van der Waals surface area contributed by atoms with Crippen LogP contribution in [-0.2, 0) is 0 Å². The van der Waals surface area contributed by atoms with E-state index < -0.39 is 0 Å². The van der Waals surface area contributed by atoms with E-state index in [1.807, 2.05) is 0 Å². The van der Waals surface area contributed by atoms with Crippen molar-refractivity contribution in [3.63, 3.8) is 0 Å². The van der Waals surface area contributed by atoms with Gasteiger partial charge in [-0.1, -0.05) is 19.8 Å². The van der Waals surface area contributed by atoms with Crippen molar-refractivity contribution in [2.75, 3.05) is 19.0 Å². The molecule has 1 fully saturated rings. The van der Waals surface area contributed by atoms with Crippen LogP contribution in [0, 0.1) is 5.41 Å². The van der Waals surface area contributed by atoms with Gasteiger partial charge in [0, 0.05) is 18.8 Å². The van der Waals surface area contributed by atoms with Gasteiger partial charge in [0.2, 0.25) is 11.8 Å². The zero-order chi connectivity index (χ0) is 12.1. The van der Waals surface area contributed by atoms with Gasteiger partial charge in [-0.25, -0.2) is 4.98 Å². The zero-order valence-electron chi connectivity index (χ0n) is 10.7. The standard InChI is InChI=1S/C13H21N3O/c1-3-13(7-4-5-8-13)10-15-12-14-9-6-11(16-12)17-2/h6,9H,3-5,7-8,10H2,1-2H3,(H,14,15,16). The third kappa shape index (κ3) is 2.87. The molecule has 0 bridgehead atoms. The topological polar surface area (TPSA) is 47.0 Å². The molecule has 0 aromatic carbocycles. The maximum absolute atomic E-state index is 5.09. The Labute approximate surface area is 103 Å². The summed E-state index contributed by atoms with van der Waals surface area (Å²) in [6.07, 6.45) is 8.30. The van der Waals surface area contributed by atoms with E-state index in [0.717, 1.165) is 6.54 Å². The van der Waals surface area contributed by atoms with Crippen molar-refractivity contribution in [1.82, 2.24) is 9.97 Å². The first-order valence-corrected chi connectivity index (χ1v) is 6.39. The van der Waals surface area contributed by atoms with Crippen LogP contribution < -0.4 is 10.1 Å². The van der Waals surface area contributed by atoms with E-state index in [2.05, 4.69) is 22.2 Å². The summed E-state index contributed by atoms with van der Waals surface area (Å²) in [5, 5.41) is 3.35. The molecule has 1 aromatic rings. The van der Waals surface area contributed by atoms with Crippen molar-refractivity contribution in [3.05, 3.63) is 12.3 Å². The highest BCUT2D eigenvalue weighted by Crippen LogP contribution is 2.40. The van der Waals surface area contributed by atoms with Gasteiger partial charge in [-0.05, 0) is 24.7 Å². The van der Waals surface area contributed by atoms with Crippen LogP contribution in [0.2, 0.25) is 0 Å². The average molecular weight is 235 g/mol. The lowest BCUT2D eigenvalue weighted by molar-refractivity contribution is 0.306. The first-order chi connectivity index (χ1) is 8.28. The Bertz CT molecular complexity index is 361. The zero-order valence-corrected chi connectivity index (χ0v) is 10.7. The molecule has 1 heterocycles. The Hall–Kier alpha value is -1.32. The molecule has 0 amide bonds. The van der Waals surface area contributed by atoms with E-state index in [1.54, 1.807) is 19.4 Å². The smallest absolute Gasteiger partial charge is 0.225 e. The number of anilines is 1. The van der Waals surface area contributed by atoms with Crippen molar-refractivity contribution in [2.45, 2.75) is 39.0 Å². The van der Waals surface area contributed by atoms with Gasteiger partial charge in [0.25, 0.3) is 0 Å². The van der Waals surface area contributed by atoms with Crippen LogP contribution in [0.3, 0.4) is 0 Å². The third-order valence-electron chi connectivity index (χ3n) is 3.87. The molecule has 1 aliphatic carbocycles. The number of methoxy groups -OCH3 is 1. The minimum atomic E-state index is 0.451. The minimum absolute atomic E-state index is 0.451. The third-order valence-corrected chi connectivity index (χ3v) is 3.87.